The predicted octanol–water partition coefficient (Wildman–Crippen LogP) is 1.97. The zero-order valence-corrected chi connectivity index (χ0v) is 9.15. The van der Waals surface area contributed by atoms with E-state index >= 15 is 0 Å². The average molecular weight is 250 g/mol. The summed E-state index contributed by atoms with van der Waals surface area (Å²) in [6.07, 6.45) is 5.26. The first-order valence-corrected chi connectivity index (χ1v) is 6.10. The summed E-state index contributed by atoms with van der Waals surface area (Å²) >= 11 is 0.409. The van der Waals surface area contributed by atoms with E-state index in [1.165, 1.54) is 4.44 Å². The Kier molecular flexibility index (Phi) is 2.82. The summed E-state index contributed by atoms with van der Waals surface area (Å²) in [5, 5.41) is 0. The van der Waals surface area contributed by atoms with Crippen LogP contribution in [0.4, 0.5) is 0 Å². The second kappa shape index (κ2) is 4.27. The number of hydrogen-bond acceptors (Lipinski definition) is 1. The Morgan fingerprint density at radius 2 is 2.29 bits per heavy atom. The Bertz CT molecular complexity index is 426. The molecule has 14 heavy (non-hydrogen) atoms. The number of carbonyl (C=O) groups excluding carboxylic acids is 1. The van der Waals surface area contributed by atoms with Crippen LogP contribution in [0.2, 0.25) is 0 Å². The van der Waals surface area contributed by atoms with E-state index in [2.05, 4.69) is 9.92 Å². The van der Waals surface area contributed by atoms with Crippen molar-refractivity contribution in [2.24, 2.45) is 0 Å². The number of carbonyl (C=O) groups is 1. The molecule has 0 fully saturated rings. The Hall–Kier alpha value is -1.31. The van der Waals surface area contributed by atoms with Crippen LogP contribution in [0.5, 0.6) is 0 Å². The fourth-order valence-corrected chi connectivity index (χ4v) is 2.41. The van der Waals surface area contributed by atoms with E-state index in [-0.39, 0.29) is 5.78 Å². The van der Waals surface area contributed by atoms with Crippen molar-refractivity contribution in [1.29, 1.82) is 0 Å². The van der Waals surface area contributed by atoms with Gasteiger partial charge in [0, 0.05) is 0 Å². The Balaban J connectivity index is 2.09. The predicted molar refractivity (Wildman–Crippen MR) is 57.5 cm³/mol. The van der Waals surface area contributed by atoms with Crippen LogP contribution in [-0.4, -0.2) is 25.3 Å². The van der Waals surface area contributed by atoms with Crippen LogP contribution in [0.3, 0.4) is 0 Å². The molecule has 0 aliphatic rings. The molecule has 2 nitrogen and oxygen atoms in total. The zero-order valence-electron chi connectivity index (χ0n) is 7.44. The van der Waals surface area contributed by atoms with Crippen LogP contribution in [0.25, 0.3) is 6.08 Å². The van der Waals surface area contributed by atoms with E-state index in [0.717, 1.165) is 0 Å². The second-order valence-electron chi connectivity index (χ2n) is 2.80. The van der Waals surface area contributed by atoms with Gasteiger partial charge in [-0.2, -0.15) is 0 Å². The van der Waals surface area contributed by atoms with Gasteiger partial charge in [-0.15, -0.1) is 0 Å². The number of H-pyrrole nitrogens is 1. The summed E-state index contributed by atoms with van der Waals surface area (Å²) in [6.45, 7) is 0. The Morgan fingerprint density at radius 1 is 1.36 bits per heavy atom. The molecule has 2 heterocycles. The molecule has 2 aromatic heterocycles. The zero-order chi connectivity index (χ0) is 9.80. The van der Waals surface area contributed by atoms with Crippen molar-refractivity contribution in [3.05, 3.63) is 51.6 Å². The van der Waals surface area contributed by atoms with Crippen molar-refractivity contribution in [1.82, 2.24) is 4.98 Å². The van der Waals surface area contributed by atoms with Gasteiger partial charge in [0.05, 0.1) is 0 Å². The summed E-state index contributed by atoms with van der Waals surface area (Å²) in [4.78, 5) is 16.5. The van der Waals surface area contributed by atoms with E-state index in [9.17, 15) is 4.79 Å². The van der Waals surface area contributed by atoms with Gasteiger partial charge in [0.25, 0.3) is 0 Å². The molecular weight excluding hydrogens is 241 g/mol. The first-order valence-electron chi connectivity index (χ1n) is 4.25. The molecule has 0 amide bonds. The van der Waals surface area contributed by atoms with Crippen molar-refractivity contribution in [3.63, 3.8) is 0 Å². The van der Waals surface area contributed by atoms with E-state index in [0.29, 0.717) is 20.2 Å². The van der Waals surface area contributed by atoms with Crippen LogP contribution in [-0.2, 0) is 0 Å². The first-order chi connectivity index (χ1) is 6.86. The van der Waals surface area contributed by atoms with Gasteiger partial charge in [-0.05, 0) is 0 Å². The molecule has 0 aliphatic carbocycles. The molecule has 2 aromatic rings. The van der Waals surface area contributed by atoms with Gasteiger partial charge in [-0.1, -0.05) is 0 Å². The molecule has 0 spiro atoms. The maximum absolute atomic E-state index is 11.5. The van der Waals surface area contributed by atoms with E-state index in [1.807, 2.05) is 24.3 Å². The molecule has 0 saturated carbocycles. The monoisotopic (exact) mass is 251 g/mol. The molecule has 0 unspecified atom stereocenters. The van der Waals surface area contributed by atoms with Crippen LogP contribution >= 0.6 is 0 Å². The first kappa shape index (κ1) is 9.25. The van der Waals surface area contributed by atoms with Crippen LogP contribution < -0.4 is 0 Å². The van der Waals surface area contributed by atoms with Gasteiger partial charge in [0.2, 0.25) is 0 Å². The number of aromatic nitrogens is 1. The summed E-state index contributed by atoms with van der Waals surface area (Å²) in [5.74, 6) is 0.0265. The van der Waals surface area contributed by atoms with Gasteiger partial charge in [-0.25, -0.2) is 0 Å². The number of ketones is 1. The standard InChI is InChI=1S/C11H9NOSe/c13-11(10-4-1-7-12-10)6-5-9-3-2-8-14-9/h1-8,12H/b6-5+. The normalized spacial score (nSPS) is 10.9. The molecule has 3 heteroatoms. The molecule has 2 rings (SSSR count). The molecule has 0 saturated heterocycles. The number of nitrogens with one attached hydrogen (secondary N) is 1. The van der Waals surface area contributed by atoms with Crippen LogP contribution in [0, 0.1) is 0 Å². The van der Waals surface area contributed by atoms with Crippen molar-refractivity contribution in [3.8, 4) is 0 Å². The topological polar surface area (TPSA) is 32.9 Å². The maximum atomic E-state index is 11.5. The molecule has 0 aromatic carbocycles. The van der Waals surface area contributed by atoms with Gasteiger partial charge in [-0.3, -0.25) is 0 Å². The third-order valence-corrected chi connectivity index (χ3v) is 3.56. The molecule has 0 radical (unpaired) electrons. The van der Waals surface area contributed by atoms with Gasteiger partial charge < -0.3 is 0 Å². The van der Waals surface area contributed by atoms with Crippen molar-refractivity contribution >= 4 is 26.4 Å². The Morgan fingerprint density at radius 3 is 2.93 bits per heavy atom. The minimum atomic E-state index is 0.0265. The number of allylic oxidation sites excluding steroid dienone is 1. The third kappa shape index (κ3) is 2.13. The molecule has 1 N–H and O–H groups in total. The number of rotatable bonds is 3. The van der Waals surface area contributed by atoms with E-state index < -0.39 is 0 Å². The van der Waals surface area contributed by atoms with Gasteiger partial charge in [0.1, 0.15) is 0 Å². The fraction of sp³-hybridized carbons (Fsp3) is 0. The quantitative estimate of drug-likeness (QED) is 0.504. The number of aromatic amines is 1. The minimum absolute atomic E-state index is 0.0265. The summed E-state index contributed by atoms with van der Waals surface area (Å²) in [7, 11) is 0. The SMILES string of the molecule is O=C(/C=C/c1ccc[se]1)c1ccc[nH]1. The third-order valence-electron chi connectivity index (χ3n) is 1.81. The summed E-state index contributed by atoms with van der Waals surface area (Å²) < 4.78 is 1.23. The molecular formula is C11H9NOSe. The molecule has 70 valence electrons. The van der Waals surface area contributed by atoms with Crippen LogP contribution in [0.15, 0.2) is 41.5 Å². The molecule has 0 bridgehead atoms. The molecule has 0 atom stereocenters. The van der Waals surface area contributed by atoms with Crippen molar-refractivity contribution in [2.45, 2.75) is 0 Å². The Labute approximate surface area is 88.0 Å². The average Bonchev–Trinajstić information content (AvgIpc) is 2.87. The second-order valence-corrected chi connectivity index (χ2v) is 4.85. The van der Waals surface area contributed by atoms with Gasteiger partial charge in [0.15, 0.2) is 0 Å². The molecule has 0 aliphatic heterocycles. The van der Waals surface area contributed by atoms with Crippen molar-refractivity contribution in [2.75, 3.05) is 0 Å². The van der Waals surface area contributed by atoms with Crippen molar-refractivity contribution < 1.29 is 4.79 Å². The van der Waals surface area contributed by atoms with E-state index in [1.54, 1.807) is 18.3 Å². The van der Waals surface area contributed by atoms with Crippen LogP contribution in [0.1, 0.15) is 14.9 Å². The number of hydrogen-bond donors (Lipinski definition) is 1. The summed E-state index contributed by atoms with van der Waals surface area (Å²) in [5.41, 5.74) is 0.639. The fourth-order valence-electron chi connectivity index (χ4n) is 1.12. The summed E-state index contributed by atoms with van der Waals surface area (Å²) in [6, 6.07) is 7.66. The van der Waals surface area contributed by atoms with E-state index in [4.69, 9.17) is 0 Å². The van der Waals surface area contributed by atoms with Gasteiger partial charge >= 0.3 is 87.8 Å².